The third-order valence-corrected chi connectivity index (χ3v) is 6.47. The molecule has 158 valence electrons. The Kier molecular flexibility index (Phi) is 6.29. The Labute approximate surface area is 167 Å². The maximum atomic E-state index is 12.9. The highest BCUT2D eigenvalue weighted by Crippen LogP contribution is 2.43. The molecule has 0 unspecified atom stereocenters. The maximum Gasteiger partial charge on any atom is 0.325 e. The molecular weight excluding hydrogens is 360 g/mol. The lowest BCUT2D eigenvalue weighted by Gasteiger charge is -2.40. The van der Waals surface area contributed by atoms with Crippen molar-refractivity contribution in [1.82, 2.24) is 20.4 Å². The van der Waals surface area contributed by atoms with Gasteiger partial charge in [-0.15, -0.1) is 0 Å². The molecule has 8 nitrogen and oxygen atoms in total. The van der Waals surface area contributed by atoms with Crippen molar-refractivity contribution < 1.29 is 19.1 Å². The average Bonchev–Trinajstić information content (AvgIpc) is 2.86. The summed E-state index contributed by atoms with van der Waals surface area (Å²) < 4.78 is 5.30. The van der Waals surface area contributed by atoms with Crippen LogP contribution in [0.4, 0.5) is 4.79 Å². The minimum Gasteiger partial charge on any atom is -0.379 e. The molecule has 0 bridgehead atoms. The summed E-state index contributed by atoms with van der Waals surface area (Å²) in [6.45, 7) is 10.9. The summed E-state index contributed by atoms with van der Waals surface area (Å²) in [5.41, 5.74) is -0.611. The zero-order chi connectivity index (χ0) is 20.4. The summed E-state index contributed by atoms with van der Waals surface area (Å²) >= 11 is 0. The van der Waals surface area contributed by atoms with E-state index in [4.69, 9.17) is 4.74 Å². The molecule has 4 amide bonds. The van der Waals surface area contributed by atoms with E-state index in [1.54, 1.807) is 0 Å². The molecule has 3 aliphatic rings. The van der Waals surface area contributed by atoms with Crippen LogP contribution < -0.4 is 10.6 Å². The number of ether oxygens (including phenoxy) is 1. The van der Waals surface area contributed by atoms with Gasteiger partial charge in [0.1, 0.15) is 12.1 Å². The summed E-state index contributed by atoms with van der Waals surface area (Å²) in [5.74, 6) is 0.00531. The number of urea groups is 1. The van der Waals surface area contributed by atoms with Crippen LogP contribution in [0, 0.1) is 11.3 Å². The standard InChI is InChI=1S/C20H34N4O4/c1-19(2,3)15-4-6-20(7-5-15)17(26)24(18(27)22-20)14-16(25)21-8-9-23-10-12-28-13-11-23/h15H,4-14H2,1-3H3,(H,21,25)(H,22,27). The van der Waals surface area contributed by atoms with Crippen molar-refractivity contribution in [2.45, 2.75) is 52.0 Å². The smallest absolute Gasteiger partial charge is 0.325 e. The van der Waals surface area contributed by atoms with E-state index >= 15 is 0 Å². The predicted octanol–water partition coefficient (Wildman–Crippen LogP) is 0.962. The summed E-state index contributed by atoms with van der Waals surface area (Å²) in [6.07, 6.45) is 3.12. The van der Waals surface area contributed by atoms with Crippen LogP contribution in [-0.4, -0.2) is 79.1 Å². The van der Waals surface area contributed by atoms with Crippen molar-refractivity contribution in [2.75, 3.05) is 45.9 Å². The van der Waals surface area contributed by atoms with Crippen LogP contribution in [0.5, 0.6) is 0 Å². The van der Waals surface area contributed by atoms with Crippen molar-refractivity contribution in [3.8, 4) is 0 Å². The fourth-order valence-corrected chi connectivity index (χ4v) is 4.51. The molecule has 0 radical (unpaired) electrons. The molecule has 0 atom stereocenters. The van der Waals surface area contributed by atoms with E-state index in [1.165, 1.54) is 0 Å². The summed E-state index contributed by atoms with van der Waals surface area (Å²) in [7, 11) is 0. The van der Waals surface area contributed by atoms with Crippen molar-refractivity contribution in [3.05, 3.63) is 0 Å². The Bertz CT molecular complexity index is 602. The SMILES string of the molecule is CC(C)(C)C1CCC2(CC1)NC(=O)N(CC(=O)NCCN1CCOCC1)C2=O. The Hall–Kier alpha value is -1.67. The third-order valence-electron chi connectivity index (χ3n) is 6.47. The number of hydrogen-bond donors (Lipinski definition) is 2. The van der Waals surface area contributed by atoms with Crippen LogP contribution in [0.15, 0.2) is 0 Å². The number of nitrogens with one attached hydrogen (secondary N) is 2. The van der Waals surface area contributed by atoms with Gasteiger partial charge in [-0.3, -0.25) is 19.4 Å². The molecule has 0 aromatic rings. The molecule has 1 saturated carbocycles. The highest BCUT2D eigenvalue weighted by molar-refractivity contribution is 6.09. The zero-order valence-corrected chi connectivity index (χ0v) is 17.4. The fraction of sp³-hybridized carbons (Fsp3) is 0.850. The van der Waals surface area contributed by atoms with E-state index in [2.05, 4.69) is 36.3 Å². The van der Waals surface area contributed by atoms with Crippen LogP contribution in [0.25, 0.3) is 0 Å². The largest absolute Gasteiger partial charge is 0.379 e. The normalized spacial score (nSPS) is 29.2. The van der Waals surface area contributed by atoms with E-state index in [9.17, 15) is 14.4 Å². The lowest BCUT2D eigenvalue weighted by molar-refractivity contribution is -0.136. The van der Waals surface area contributed by atoms with E-state index in [1.807, 2.05) is 0 Å². The summed E-state index contributed by atoms with van der Waals surface area (Å²) in [6, 6.07) is -0.442. The van der Waals surface area contributed by atoms with Crippen LogP contribution in [0.1, 0.15) is 46.5 Å². The van der Waals surface area contributed by atoms with Gasteiger partial charge >= 0.3 is 6.03 Å². The number of nitrogens with zero attached hydrogens (tertiary/aromatic N) is 2. The first-order valence-electron chi connectivity index (χ1n) is 10.4. The van der Waals surface area contributed by atoms with Crippen molar-refractivity contribution >= 4 is 17.8 Å². The van der Waals surface area contributed by atoms with E-state index < -0.39 is 11.6 Å². The van der Waals surface area contributed by atoms with Gasteiger partial charge in [0.2, 0.25) is 5.91 Å². The van der Waals surface area contributed by atoms with Gasteiger partial charge in [0.05, 0.1) is 13.2 Å². The van der Waals surface area contributed by atoms with Crippen LogP contribution >= 0.6 is 0 Å². The molecule has 3 rings (SSSR count). The minimum absolute atomic E-state index is 0.202. The van der Waals surface area contributed by atoms with Gasteiger partial charge in [-0.25, -0.2) is 4.79 Å². The van der Waals surface area contributed by atoms with Gasteiger partial charge in [0.15, 0.2) is 0 Å². The molecule has 2 saturated heterocycles. The molecule has 1 aliphatic carbocycles. The number of morpholine rings is 1. The number of imide groups is 1. The Morgan fingerprint density at radius 3 is 2.46 bits per heavy atom. The first-order chi connectivity index (χ1) is 13.2. The van der Waals surface area contributed by atoms with Gasteiger partial charge < -0.3 is 15.4 Å². The second kappa shape index (κ2) is 8.37. The third kappa shape index (κ3) is 4.66. The molecule has 3 fully saturated rings. The molecule has 2 aliphatic heterocycles. The zero-order valence-electron chi connectivity index (χ0n) is 17.4. The van der Waals surface area contributed by atoms with Gasteiger partial charge in [0.25, 0.3) is 5.91 Å². The average molecular weight is 395 g/mol. The molecule has 8 heteroatoms. The maximum absolute atomic E-state index is 12.9. The highest BCUT2D eigenvalue weighted by Gasteiger charge is 2.53. The van der Waals surface area contributed by atoms with E-state index in [0.29, 0.717) is 38.5 Å². The fourth-order valence-electron chi connectivity index (χ4n) is 4.51. The Balaban J connectivity index is 1.48. The predicted molar refractivity (Wildman–Crippen MR) is 105 cm³/mol. The number of carbonyl (C=O) groups excluding carboxylic acids is 3. The van der Waals surface area contributed by atoms with Gasteiger partial charge in [-0.1, -0.05) is 20.8 Å². The van der Waals surface area contributed by atoms with Gasteiger partial charge in [0, 0.05) is 26.2 Å². The molecule has 2 N–H and O–H groups in total. The van der Waals surface area contributed by atoms with Crippen LogP contribution in [0.2, 0.25) is 0 Å². The van der Waals surface area contributed by atoms with E-state index in [-0.39, 0.29) is 23.8 Å². The lowest BCUT2D eigenvalue weighted by Crippen LogP contribution is -2.51. The first-order valence-corrected chi connectivity index (χ1v) is 10.4. The molecule has 28 heavy (non-hydrogen) atoms. The van der Waals surface area contributed by atoms with Crippen molar-refractivity contribution in [1.29, 1.82) is 0 Å². The second-order valence-electron chi connectivity index (χ2n) is 9.35. The lowest BCUT2D eigenvalue weighted by atomic mass is 9.67. The van der Waals surface area contributed by atoms with E-state index in [0.717, 1.165) is 37.4 Å². The topological polar surface area (TPSA) is 91.0 Å². The molecule has 0 aromatic heterocycles. The molecule has 0 aromatic carbocycles. The molecule has 2 heterocycles. The summed E-state index contributed by atoms with van der Waals surface area (Å²) in [4.78, 5) is 40.9. The molecular formula is C20H34N4O4. The quantitative estimate of drug-likeness (QED) is 0.678. The summed E-state index contributed by atoms with van der Waals surface area (Å²) in [5, 5.41) is 5.71. The van der Waals surface area contributed by atoms with Crippen molar-refractivity contribution in [3.63, 3.8) is 0 Å². The first kappa shape index (κ1) is 21.0. The monoisotopic (exact) mass is 394 g/mol. The Morgan fingerprint density at radius 2 is 1.86 bits per heavy atom. The van der Waals surface area contributed by atoms with Crippen LogP contribution in [0.3, 0.4) is 0 Å². The molecule has 1 spiro atoms. The van der Waals surface area contributed by atoms with Crippen molar-refractivity contribution in [2.24, 2.45) is 11.3 Å². The number of rotatable bonds is 5. The number of amides is 4. The van der Waals surface area contributed by atoms with Crippen LogP contribution in [-0.2, 0) is 14.3 Å². The number of carbonyl (C=O) groups is 3. The number of hydrogen-bond acceptors (Lipinski definition) is 5. The van der Waals surface area contributed by atoms with Gasteiger partial charge in [-0.05, 0) is 37.0 Å². The second-order valence-corrected chi connectivity index (χ2v) is 9.35. The Morgan fingerprint density at radius 1 is 1.21 bits per heavy atom. The highest BCUT2D eigenvalue weighted by atomic mass is 16.5. The van der Waals surface area contributed by atoms with Gasteiger partial charge in [-0.2, -0.15) is 0 Å². The minimum atomic E-state index is -0.813.